The monoisotopic (exact) mass is 363 g/mol. The van der Waals surface area contributed by atoms with Crippen LogP contribution in [0.2, 0.25) is 0 Å². The van der Waals surface area contributed by atoms with Gasteiger partial charge in [0.1, 0.15) is 17.3 Å². The lowest BCUT2D eigenvalue weighted by molar-refractivity contribution is 0.146. The first kappa shape index (κ1) is 17.4. The Kier molecular flexibility index (Phi) is 5.12. The van der Waals surface area contributed by atoms with E-state index in [1.165, 1.54) is 6.07 Å². The maximum atomic E-state index is 13.2. The predicted octanol–water partition coefficient (Wildman–Crippen LogP) is 2.93. The van der Waals surface area contributed by atoms with Crippen LogP contribution in [0.5, 0.6) is 0 Å². The Morgan fingerprint density at radius 3 is 2.85 bits per heavy atom. The molecule has 2 aliphatic rings. The van der Waals surface area contributed by atoms with E-state index in [4.69, 9.17) is 4.74 Å². The number of pyridine rings is 2. The van der Waals surface area contributed by atoms with Gasteiger partial charge in [-0.2, -0.15) is 0 Å². The number of nitrogens with one attached hydrogen (secondary N) is 3. The summed E-state index contributed by atoms with van der Waals surface area (Å²) < 4.78 is 31.8. The van der Waals surface area contributed by atoms with Crippen molar-refractivity contribution in [3.8, 4) is 0 Å². The molecule has 2 atom stereocenters. The van der Waals surface area contributed by atoms with Crippen molar-refractivity contribution in [2.24, 2.45) is 0 Å². The van der Waals surface area contributed by atoms with E-state index < -0.39 is 6.43 Å². The van der Waals surface area contributed by atoms with Crippen LogP contribution in [0.25, 0.3) is 10.8 Å². The fourth-order valence-corrected chi connectivity index (χ4v) is 3.49. The van der Waals surface area contributed by atoms with Gasteiger partial charge in [0.25, 0.3) is 6.43 Å². The summed E-state index contributed by atoms with van der Waals surface area (Å²) in [7, 11) is 0. The number of anilines is 2. The molecule has 8 heteroatoms. The van der Waals surface area contributed by atoms with Gasteiger partial charge in [0, 0.05) is 36.2 Å². The van der Waals surface area contributed by atoms with Crippen LogP contribution in [0.4, 0.5) is 20.4 Å². The van der Waals surface area contributed by atoms with Gasteiger partial charge in [-0.1, -0.05) is 0 Å². The van der Waals surface area contributed by atoms with E-state index in [2.05, 4.69) is 25.9 Å². The van der Waals surface area contributed by atoms with Gasteiger partial charge in [-0.15, -0.1) is 0 Å². The summed E-state index contributed by atoms with van der Waals surface area (Å²) >= 11 is 0. The lowest BCUT2D eigenvalue weighted by atomic mass is 10.1. The Morgan fingerprint density at radius 2 is 2.12 bits per heavy atom. The molecular weight excluding hydrogens is 340 g/mol. The first-order chi connectivity index (χ1) is 12.7. The Hall–Kier alpha value is -2.06. The number of piperidine rings is 1. The van der Waals surface area contributed by atoms with Crippen LogP contribution >= 0.6 is 0 Å². The van der Waals surface area contributed by atoms with Crippen LogP contribution in [-0.2, 0) is 4.74 Å². The molecule has 0 saturated carbocycles. The molecule has 4 rings (SSSR count). The largest absolute Gasteiger partial charge is 0.379 e. The van der Waals surface area contributed by atoms with Crippen molar-refractivity contribution in [2.75, 3.05) is 36.9 Å². The normalized spacial score (nSPS) is 23.5. The summed E-state index contributed by atoms with van der Waals surface area (Å²) in [4.78, 5) is 8.58. The number of aromatic nitrogens is 2. The molecule has 0 amide bonds. The highest BCUT2D eigenvalue weighted by molar-refractivity contribution is 5.93. The average Bonchev–Trinajstić information content (AvgIpc) is 3.16. The molecule has 2 aliphatic heterocycles. The number of ether oxygens (including phenoxy) is 1. The zero-order valence-corrected chi connectivity index (χ0v) is 14.5. The van der Waals surface area contributed by atoms with Crippen molar-refractivity contribution in [1.82, 2.24) is 15.3 Å². The number of hydrogen-bond acceptors (Lipinski definition) is 6. The van der Waals surface area contributed by atoms with E-state index in [1.54, 1.807) is 6.20 Å². The minimum absolute atomic E-state index is 0.0886. The zero-order chi connectivity index (χ0) is 17.9. The highest BCUT2D eigenvalue weighted by atomic mass is 19.3. The van der Waals surface area contributed by atoms with Crippen molar-refractivity contribution in [2.45, 2.75) is 37.8 Å². The van der Waals surface area contributed by atoms with Gasteiger partial charge < -0.3 is 20.7 Å². The number of hydrogen-bond donors (Lipinski definition) is 3. The molecule has 0 bridgehead atoms. The van der Waals surface area contributed by atoms with E-state index >= 15 is 0 Å². The van der Waals surface area contributed by atoms with Crippen LogP contribution < -0.4 is 16.0 Å². The van der Waals surface area contributed by atoms with Gasteiger partial charge in [-0.25, -0.2) is 18.7 Å². The van der Waals surface area contributed by atoms with Gasteiger partial charge >= 0.3 is 0 Å². The third-order valence-electron chi connectivity index (χ3n) is 4.88. The molecule has 2 aromatic rings. The quantitative estimate of drug-likeness (QED) is 0.759. The molecule has 0 spiro atoms. The third kappa shape index (κ3) is 3.86. The molecule has 2 saturated heterocycles. The Labute approximate surface area is 150 Å². The maximum absolute atomic E-state index is 13.2. The number of rotatable bonds is 5. The number of halogens is 2. The molecule has 2 fully saturated rings. The topological polar surface area (TPSA) is 71.1 Å². The fraction of sp³-hybridized carbons (Fsp3) is 0.556. The number of alkyl halides is 2. The Balaban J connectivity index is 1.65. The summed E-state index contributed by atoms with van der Waals surface area (Å²) in [6.07, 6.45) is 2.06. The highest BCUT2D eigenvalue weighted by Crippen LogP contribution is 2.29. The van der Waals surface area contributed by atoms with Crippen LogP contribution in [0.15, 0.2) is 18.3 Å². The summed E-state index contributed by atoms with van der Waals surface area (Å²) in [6, 6.07) is 3.71. The van der Waals surface area contributed by atoms with Gasteiger partial charge in [0.15, 0.2) is 0 Å². The average molecular weight is 363 g/mol. The van der Waals surface area contributed by atoms with Crippen LogP contribution in [-0.4, -0.2) is 48.4 Å². The van der Waals surface area contributed by atoms with E-state index in [0.717, 1.165) is 43.6 Å². The predicted molar refractivity (Wildman–Crippen MR) is 96.9 cm³/mol. The molecule has 3 N–H and O–H groups in total. The molecule has 0 aliphatic carbocycles. The standard InChI is InChI=1S/C18H23F2N5O/c19-17(20)15-6-11-8-22-16(23-12-2-1-4-21-9-12)7-14(11)18(25-15)24-13-3-5-26-10-13/h6-8,12-13,17,21H,1-5,9-10H2,(H,22,23)(H,24,25). The number of fused-ring (bicyclic) bond motifs is 1. The van der Waals surface area contributed by atoms with Crippen LogP contribution in [0.1, 0.15) is 31.4 Å². The molecule has 6 nitrogen and oxygen atoms in total. The van der Waals surface area contributed by atoms with Crippen molar-refractivity contribution >= 4 is 22.4 Å². The lowest BCUT2D eigenvalue weighted by Crippen LogP contribution is -2.38. The second kappa shape index (κ2) is 7.67. The van der Waals surface area contributed by atoms with E-state index in [9.17, 15) is 8.78 Å². The van der Waals surface area contributed by atoms with Crippen molar-refractivity contribution < 1.29 is 13.5 Å². The highest BCUT2D eigenvalue weighted by Gasteiger charge is 2.20. The zero-order valence-electron chi connectivity index (χ0n) is 14.5. The molecule has 4 heterocycles. The van der Waals surface area contributed by atoms with Gasteiger partial charge in [0.05, 0.1) is 12.6 Å². The third-order valence-corrected chi connectivity index (χ3v) is 4.88. The first-order valence-electron chi connectivity index (χ1n) is 9.09. The molecule has 140 valence electrons. The Morgan fingerprint density at radius 1 is 1.19 bits per heavy atom. The molecule has 0 radical (unpaired) electrons. The van der Waals surface area contributed by atoms with Gasteiger partial charge in [-0.3, -0.25) is 0 Å². The molecule has 26 heavy (non-hydrogen) atoms. The van der Waals surface area contributed by atoms with E-state index in [1.807, 2.05) is 6.07 Å². The molecule has 2 unspecified atom stereocenters. The molecule has 2 aromatic heterocycles. The van der Waals surface area contributed by atoms with E-state index in [-0.39, 0.29) is 11.7 Å². The fourth-order valence-electron chi connectivity index (χ4n) is 3.49. The maximum Gasteiger partial charge on any atom is 0.280 e. The minimum atomic E-state index is -2.62. The second-order valence-electron chi connectivity index (χ2n) is 6.88. The summed E-state index contributed by atoms with van der Waals surface area (Å²) in [5.74, 6) is 1.21. The first-order valence-corrected chi connectivity index (χ1v) is 9.09. The van der Waals surface area contributed by atoms with Crippen LogP contribution in [0, 0.1) is 0 Å². The minimum Gasteiger partial charge on any atom is -0.379 e. The molecular formula is C18H23F2N5O. The lowest BCUT2D eigenvalue weighted by Gasteiger charge is -2.24. The van der Waals surface area contributed by atoms with Crippen molar-refractivity contribution in [3.05, 3.63) is 24.0 Å². The molecule has 0 aromatic carbocycles. The Bertz CT molecular complexity index is 761. The summed E-state index contributed by atoms with van der Waals surface area (Å²) in [5.41, 5.74) is -0.238. The number of nitrogens with zero attached hydrogens (tertiary/aromatic N) is 2. The van der Waals surface area contributed by atoms with Crippen molar-refractivity contribution in [1.29, 1.82) is 0 Å². The van der Waals surface area contributed by atoms with Gasteiger partial charge in [0.2, 0.25) is 0 Å². The van der Waals surface area contributed by atoms with Crippen LogP contribution in [0.3, 0.4) is 0 Å². The SMILES string of the molecule is FC(F)c1cc2cnc(NC3CCCNC3)cc2c(NC2CCOC2)n1. The van der Waals surface area contributed by atoms with E-state index in [0.29, 0.717) is 30.5 Å². The summed E-state index contributed by atoms with van der Waals surface area (Å²) in [5, 5.41) is 11.5. The summed E-state index contributed by atoms with van der Waals surface area (Å²) in [6.45, 7) is 3.17. The second-order valence-corrected chi connectivity index (χ2v) is 6.88. The smallest absolute Gasteiger partial charge is 0.280 e. The van der Waals surface area contributed by atoms with Gasteiger partial charge in [-0.05, 0) is 37.9 Å². The van der Waals surface area contributed by atoms with Crippen molar-refractivity contribution in [3.63, 3.8) is 0 Å².